The molecule has 116 valence electrons. The molecule has 8 nitrogen and oxygen atoms in total. The van der Waals surface area contributed by atoms with E-state index in [1.54, 1.807) is 9.80 Å². The predicted octanol–water partition coefficient (Wildman–Crippen LogP) is -2.87. The number of nitrogens with zero attached hydrogens (tertiary/aromatic N) is 3. The van der Waals surface area contributed by atoms with Crippen molar-refractivity contribution in [3.05, 3.63) is 0 Å². The number of hydrogen-bond acceptors (Lipinski definition) is 6. The normalized spacial score (nSPS) is 29.9. The van der Waals surface area contributed by atoms with Gasteiger partial charge in [-0.2, -0.15) is 4.31 Å². The third-order valence-corrected chi connectivity index (χ3v) is 5.06. The highest BCUT2D eigenvalue weighted by molar-refractivity contribution is 7.88. The van der Waals surface area contributed by atoms with Gasteiger partial charge in [0.1, 0.15) is 0 Å². The van der Waals surface area contributed by atoms with Gasteiger partial charge in [-0.15, -0.1) is 0 Å². The Hall–Kier alpha value is -0.740. The van der Waals surface area contributed by atoms with E-state index >= 15 is 0 Å². The van der Waals surface area contributed by atoms with Crippen molar-refractivity contribution in [2.24, 2.45) is 0 Å². The van der Waals surface area contributed by atoms with Crippen LogP contribution >= 0.6 is 0 Å². The summed E-state index contributed by atoms with van der Waals surface area (Å²) in [6, 6.07) is 0. The molecule has 1 amide bonds. The second kappa shape index (κ2) is 5.94. The van der Waals surface area contributed by atoms with Gasteiger partial charge in [0, 0.05) is 39.3 Å². The molecule has 2 unspecified atom stereocenters. The minimum absolute atomic E-state index is 0.0977. The lowest BCUT2D eigenvalue weighted by molar-refractivity contribution is -0.133. The molecule has 2 heterocycles. The smallest absolute Gasteiger partial charge is 0.236 e. The molecular formula is C11H21N3O5S. The fraction of sp³-hybridized carbons (Fsp3) is 0.909. The molecule has 2 aliphatic heterocycles. The first-order valence-corrected chi connectivity index (χ1v) is 8.43. The SMILES string of the molecule is CS(=O)(=O)N1CCN(C(=O)CN2CC(O)C(O)C2)CC1. The number of likely N-dealkylation sites (tertiary alicyclic amines) is 1. The van der Waals surface area contributed by atoms with E-state index in [0.717, 1.165) is 6.26 Å². The molecule has 0 aliphatic carbocycles. The van der Waals surface area contributed by atoms with E-state index in [2.05, 4.69) is 0 Å². The van der Waals surface area contributed by atoms with Crippen LogP contribution in [-0.4, -0.2) is 103 Å². The third-order valence-electron chi connectivity index (χ3n) is 3.75. The van der Waals surface area contributed by atoms with Crippen LogP contribution < -0.4 is 0 Å². The van der Waals surface area contributed by atoms with Gasteiger partial charge in [0.25, 0.3) is 0 Å². The summed E-state index contributed by atoms with van der Waals surface area (Å²) in [5.74, 6) is -0.0977. The van der Waals surface area contributed by atoms with Gasteiger partial charge in [-0.05, 0) is 0 Å². The van der Waals surface area contributed by atoms with Crippen LogP contribution in [0.2, 0.25) is 0 Å². The highest BCUT2D eigenvalue weighted by Crippen LogP contribution is 2.11. The fourth-order valence-electron chi connectivity index (χ4n) is 2.54. The van der Waals surface area contributed by atoms with Gasteiger partial charge < -0.3 is 15.1 Å². The summed E-state index contributed by atoms with van der Waals surface area (Å²) < 4.78 is 24.1. The van der Waals surface area contributed by atoms with Gasteiger partial charge in [-0.1, -0.05) is 0 Å². The maximum Gasteiger partial charge on any atom is 0.236 e. The molecule has 0 aromatic carbocycles. The third kappa shape index (κ3) is 3.67. The van der Waals surface area contributed by atoms with Gasteiger partial charge in [0.15, 0.2) is 0 Å². The summed E-state index contributed by atoms with van der Waals surface area (Å²) in [4.78, 5) is 15.4. The molecule has 0 radical (unpaired) electrons. The van der Waals surface area contributed by atoms with E-state index in [1.165, 1.54) is 4.31 Å². The molecule has 2 saturated heterocycles. The maximum atomic E-state index is 12.1. The number of carbonyl (C=O) groups excluding carboxylic acids is 1. The number of rotatable bonds is 3. The lowest BCUT2D eigenvalue weighted by Gasteiger charge is -2.34. The Balaban J connectivity index is 1.81. The van der Waals surface area contributed by atoms with E-state index in [0.29, 0.717) is 26.2 Å². The van der Waals surface area contributed by atoms with Crippen LogP contribution in [0.5, 0.6) is 0 Å². The van der Waals surface area contributed by atoms with Crippen molar-refractivity contribution in [1.29, 1.82) is 0 Å². The van der Waals surface area contributed by atoms with Crippen LogP contribution in [-0.2, 0) is 14.8 Å². The van der Waals surface area contributed by atoms with Crippen LogP contribution in [0.25, 0.3) is 0 Å². The monoisotopic (exact) mass is 307 g/mol. The first-order valence-electron chi connectivity index (χ1n) is 6.59. The Morgan fingerprint density at radius 3 is 2.05 bits per heavy atom. The maximum absolute atomic E-state index is 12.1. The highest BCUT2D eigenvalue weighted by Gasteiger charge is 2.32. The Kier molecular flexibility index (Phi) is 4.65. The van der Waals surface area contributed by atoms with Crippen molar-refractivity contribution in [1.82, 2.24) is 14.1 Å². The molecule has 2 rings (SSSR count). The summed E-state index contributed by atoms with van der Waals surface area (Å²) in [6.07, 6.45) is -0.438. The zero-order valence-electron chi connectivity index (χ0n) is 11.5. The Morgan fingerprint density at radius 2 is 1.60 bits per heavy atom. The van der Waals surface area contributed by atoms with Gasteiger partial charge >= 0.3 is 0 Å². The summed E-state index contributed by atoms with van der Waals surface area (Å²) in [6.45, 7) is 2.11. The Morgan fingerprint density at radius 1 is 1.10 bits per heavy atom. The first-order chi connectivity index (χ1) is 9.27. The van der Waals surface area contributed by atoms with E-state index in [4.69, 9.17) is 0 Å². The standard InChI is InChI=1S/C11H21N3O5S/c1-20(18,19)14-4-2-13(3-5-14)11(17)8-12-6-9(15)10(16)7-12/h9-10,15-16H,2-8H2,1H3. The molecule has 2 fully saturated rings. The Bertz CT molecular complexity index is 451. The summed E-state index contributed by atoms with van der Waals surface area (Å²) >= 11 is 0. The topological polar surface area (TPSA) is 101 Å². The summed E-state index contributed by atoms with van der Waals surface area (Å²) in [7, 11) is -3.19. The molecule has 2 N–H and O–H groups in total. The lowest BCUT2D eigenvalue weighted by atomic mass is 10.3. The number of sulfonamides is 1. The number of carbonyl (C=O) groups is 1. The van der Waals surface area contributed by atoms with Crippen LogP contribution in [0.1, 0.15) is 0 Å². The van der Waals surface area contributed by atoms with Crippen LogP contribution in [0, 0.1) is 0 Å². The molecule has 0 bridgehead atoms. The zero-order chi connectivity index (χ0) is 14.9. The van der Waals surface area contributed by atoms with Crippen molar-refractivity contribution in [3.8, 4) is 0 Å². The average molecular weight is 307 g/mol. The van der Waals surface area contributed by atoms with Crippen molar-refractivity contribution in [3.63, 3.8) is 0 Å². The van der Waals surface area contributed by atoms with E-state index < -0.39 is 22.2 Å². The molecule has 2 aliphatic rings. The van der Waals surface area contributed by atoms with Crippen LogP contribution in [0.15, 0.2) is 0 Å². The molecule has 20 heavy (non-hydrogen) atoms. The minimum Gasteiger partial charge on any atom is -0.389 e. The van der Waals surface area contributed by atoms with Gasteiger partial charge in [0.2, 0.25) is 15.9 Å². The largest absolute Gasteiger partial charge is 0.389 e. The quantitative estimate of drug-likeness (QED) is 0.581. The van der Waals surface area contributed by atoms with Crippen molar-refractivity contribution in [2.45, 2.75) is 12.2 Å². The number of piperazine rings is 1. The molecular weight excluding hydrogens is 286 g/mol. The van der Waals surface area contributed by atoms with E-state index in [9.17, 15) is 23.4 Å². The van der Waals surface area contributed by atoms with Crippen molar-refractivity contribution < 1.29 is 23.4 Å². The molecule has 2 atom stereocenters. The van der Waals surface area contributed by atoms with Gasteiger partial charge in [-0.3, -0.25) is 9.69 Å². The van der Waals surface area contributed by atoms with Gasteiger partial charge in [0.05, 0.1) is 25.0 Å². The van der Waals surface area contributed by atoms with Gasteiger partial charge in [-0.25, -0.2) is 8.42 Å². The second-order valence-corrected chi connectivity index (χ2v) is 7.35. The lowest BCUT2D eigenvalue weighted by Crippen LogP contribution is -2.52. The van der Waals surface area contributed by atoms with E-state index in [-0.39, 0.29) is 25.5 Å². The predicted molar refractivity (Wildman–Crippen MR) is 71.5 cm³/mol. The number of aliphatic hydroxyl groups is 2. The molecule has 0 aromatic rings. The number of β-amino-alcohol motifs (C(OH)–C–C–N with tert-alkyl or cyclic N) is 2. The fourth-order valence-corrected chi connectivity index (χ4v) is 3.36. The van der Waals surface area contributed by atoms with Crippen LogP contribution in [0.3, 0.4) is 0 Å². The number of amides is 1. The minimum atomic E-state index is -3.19. The first kappa shape index (κ1) is 15.6. The molecule has 9 heteroatoms. The molecule has 0 aromatic heterocycles. The average Bonchev–Trinajstić information content (AvgIpc) is 2.67. The van der Waals surface area contributed by atoms with Crippen molar-refractivity contribution in [2.75, 3.05) is 52.1 Å². The number of aliphatic hydroxyl groups excluding tert-OH is 2. The zero-order valence-corrected chi connectivity index (χ0v) is 12.3. The Labute approximate surface area is 118 Å². The molecule has 0 saturated carbocycles. The molecule has 0 spiro atoms. The summed E-state index contributed by atoms with van der Waals surface area (Å²) in [5.41, 5.74) is 0. The summed E-state index contributed by atoms with van der Waals surface area (Å²) in [5, 5.41) is 18.9. The number of hydrogen-bond donors (Lipinski definition) is 2. The van der Waals surface area contributed by atoms with Crippen molar-refractivity contribution >= 4 is 15.9 Å². The second-order valence-electron chi connectivity index (χ2n) is 5.37. The van der Waals surface area contributed by atoms with Crippen LogP contribution in [0.4, 0.5) is 0 Å². The highest BCUT2D eigenvalue weighted by atomic mass is 32.2. The van der Waals surface area contributed by atoms with E-state index in [1.807, 2.05) is 0 Å².